The Kier molecular flexibility index (Phi) is 22.3. The summed E-state index contributed by atoms with van der Waals surface area (Å²) in [5.74, 6) is -0.149. The molecule has 2 aromatic heterocycles. The van der Waals surface area contributed by atoms with Gasteiger partial charge in [0.1, 0.15) is 11.4 Å². The number of aromatic nitrogens is 2. The molecule has 2 rings (SSSR count). The van der Waals surface area contributed by atoms with E-state index in [0.29, 0.717) is 11.4 Å². The molecule has 0 aliphatic heterocycles. The van der Waals surface area contributed by atoms with Gasteiger partial charge >= 0.3 is 27.3 Å². The van der Waals surface area contributed by atoms with Crippen LogP contribution >= 0.6 is 0 Å². The number of halogens is 2. The Morgan fingerprint density at radius 3 is 1.11 bits per heavy atom. The molecule has 0 amide bonds. The van der Waals surface area contributed by atoms with Crippen molar-refractivity contribution in [2.75, 3.05) is 28.2 Å². The second kappa shape index (κ2) is 20.9. The molecule has 0 aromatic carbocycles. The second-order valence-electron chi connectivity index (χ2n) is 6.47. The minimum Gasteiger partial charge on any atom is -0.383 e. The molecule has 0 fully saturated rings. The number of ketones is 2. The largest absolute Gasteiger partial charge is 2.00 e. The third-order valence-corrected chi connectivity index (χ3v) is 2.88. The van der Waals surface area contributed by atoms with Crippen LogP contribution in [0.25, 0.3) is 0 Å². The van der Waals surface area contributed by atoms with Crippen molar-refractivity contribution in [1.29, 1.82) is 0 Å². The summed E-state index contributed by atoms with van der Waals surface area (Å²) in [6.07, 6.45) is 9.63. The molecular formula is C20H24CdCl2N4O10. The van der Waals surface area contributed by atoms with E-state index in [1.165, 1.54) is 12.2 Å². The van der Waals surface area contributed by atoms with E-state index in [1.54, 1.807) is 71.0 Å². The Bertz CT molecular complexity index is 850. The van der Waals surface area contributed by atoms with Crippen molar-refractivity contribution < 1.29 is 94.6 Å². The Morgan fingerprint density at radius 2 is 0.919 bits per heavy atom. The van der Waals surface area contributed by atoms with Gasteiger partial charge in [-0.05, 0) is 24.3 Å². The third-order valence-electron chi connectivity index (χ3n) is 2.88. The normalized spacial score (nSPS) is 10.5. The number of allylic oxidation sites excluding steroid dienone is 2. The number of nitrogens with zero attached hydrogens (tertiary/aromatic N) is 4. The fourth-order valence-electron chi connectivity index (χ4n) is 1.62. The van der Waals surface area contributed by atoms with Gasteiger partial charge in [0.2, 0.25) is 11.6 Å². The maximum Gasteiger partial charge on any atom is 2.00 e. The van der Waals surface area contributed by atoms with Crippen LogP contribution in [0.2, 0.25) is 0 Å². The molecule has 0 aliphatic rings. The van der Waals surface area contributed by atoms with Gasteiger partial charge < -0.3 is 9.80 Å². The van der Waals surface area contributed by atoms with Crippen LogP contribution in [-0.2, 0) is 27.3 Å². The number of hydrogen-bond acceptors (Lipinski definition) is 14. The first kappa shape index (κ1) is 39.4. The topological polar surface area (TPSA) is 251 Å². The van der Waals surface area contributed by atoms with Crippen molar-refractivity contribution in [2.24, 2.45) is 0 Å². The summed E-state index contributed by atoms with van der Waals surface area (Å²) in [6.45, 7) is 0. The molecule has 0 aliphatic carbocycles. The second-order valence-corrected chi connectivity index (χ2v) is 7.98. The number of hydrogen-bond donors (Lipinski definition) is 0. The standard InChI is InChI=1S/2C10H12N2O.Cd.2ClHO4/c2*1-12(2)8-6-10(13)9-5-3-4-7-11-9;;2*2-1(3,4)5/h2*3-8H,1-2H3;;2*(H,2,3,4,5)/q;;+2;;/p-2/b2*8-6+;;;. The quantitative estimate of drug-likeness (QED) is 0.158. The third kappa shape index (κ3) is 33.9. The number of carbonyl (C=O) groups is 2. The first-order valence-electron chi connectivity index (χ1n) is 9.23. The van der Waals surface area contributed by atoms with Gasteiger partial charge in [-0.1, -0.05) is 12.1 Å². The number of pyridine rings is 2. The molecule has 37 heavy (non-hydrogen) atoms. The molecule has 14 nitrogen and oxygen atoms in total. The van der Waals surface area contributed by atoms with Gasteiger partial charge in [0.15, 0.2) is 0 Å². The average Bonchev–Trinajstić information content (AvgIpc) is 2.75. The van der Waals surface area contributed by atoms with Gasteiger partial charge in [-0.3, -0.25) is 19.6 Å². The molecule has 2 aromatic rings. The van der Waals surface area contributed by atoms with E-state index in [9.17, 15) is 9.59 Å². The van der Waals surface area contributed by atoms with Gasteiger partial charge in [-0.2, -0.15) is 0 Å². The van der Waals surface area contributed by atoms with Crippen LogP contribution in [0.1, 0.15) is 21.0 Å². The van der Waals surface area contributed by atoms with Gasteiger partial charge in [-0.15, -0.1) is 20.5 Å². The van der Waals surface area contributed by atoms with Crippen molar-refractivity contribution >= 4 is 11.6 Å². The predicted molar refractivity (Wildman–Crippen MR) is 103 cm³/mol. The van der Waals surface area contributed by atoms with E-state index in [-0.39, 0.29) is 38.9 Å². The smallest absolute Gasteiger partial charge is 0.383 e. The molecule has 0 atom stereocenters. The van der Waals surface area contributed by atoms with Crippen molar-refractivity contribution in [2.45, 2.75) is 0 Å². The molecule has 0 unspecified atom stereocenters. The Hall–Kier alpha value is -2.10. The molecule has 2 heterocycles. The van der Waals surface area contributed by atoms with Crippen LogP contribution in [-0.4, -0.2) is 59.5 Å². The first-order chi connectivity index (χ1) is 16.4. The summed E-state index contributed by atoms with van der Waals surface area (Å²) in [5.41, 5.74) is 0.946. The van der Waals surface area contributed by atoms with Gasteiger partial charge in [0.05, 0.1) is 0 Å². The van der Waals surface area contributed by atoms with E-state index < -0.39 is 20.5 Å². The van der Waals surface area contributed by atoms with E-state index in [2.05, 4.69) is 9.97 Å². The van der Waals surface area contributed by atoms with Crippen molar-refractivity contribution in [1.82, 2.24) is 19.8 Å². The zero-order chi connectivity index (χ0) is 28.4. The van der Waals surface area contributed by atoms with E-state index >= 15 is 0 Å². The minimum atomic E-state index is -4.94. The van der Waals surface area contributed by atoms with Crippen LogP contribution in [0.15, 0.2) is 73.3 Å². The zero-order valence-electron chi connectivity index (χ0n) is 20.3. The fourth-order valence-corrected chi connectivity index (χ4v) is 1.62. The van der Waals surface area contributed by atoms with Crippen LogP contribution in [0.3, 0.4) is 0 Å². The SMILES string of the molecule is CN(C)/C=C/C(=O)c1ccccn1.CN(C)/C=C/C(=O)c1ccccn1.[Cd+2].[O-][Cl+3]([O-])([O-])[O-].[O-][Cl+3]([O-])([O-])[O-]. The maximum absolute atomic E-state index is 11.4. The van der Waals surface area contributed by atoms with Gasteiger partial charge in [-0.25, -0.2) is 37.3 Å². The van der Waals surface area contributed by atoms with Crippen LogP contribution in [0, 0.1) is 20.5 Å². The van der Waals surface area contributed by atoms with E-state index in [1.807, 2.05) is 28.2 Å². The van der Waals surface area contributed by atoms with Crippen molar-refractivity contribution in [3.05, 3.63) is 84.7 Å². The van der Waals surface area contributed by atoms with Crippen LogP contribution in [0.5, 0.6) is 0 Å². The zero-order valence-corrected chi connectivity index (χ0v) is 25.8. The van der Waals surface area contributed by atoms with E-state index in [0.717, 1.165) is 0 Å². The average molecular weight is 664 g/mol. The molecule has 0 bridgehead atoms. The number of rotatable bonds is 6. The van der Waals surface area contributed by atoms with Crippen LogP contribution in [0.4, 0.5) is 0 Å². The summed E-state index contributed by atoms with van der Waals surface area (Å²) in [6, 6.07) is 10.6. The molecular weight excluding hydrogens is 640 g/mol. The first-order valence-corrected chi connectivity index (χ1v) is 11.7. The van der Waals surface area contributed by atoms with Crippen molar-refractivity contribution in [3.8, 4) is 0 Å². The van der Waals surface area contributed by atoms with Crippen molar-refractivity contribution in [3.63, 3.8) is 0 Å². The van der Waals surface area contributed by atoms with Gasteiger partial charge in [0.25, 0.3) is 0 Å². The Balaban J connectivity index is -0.000000453. The van der Waals surface area contributed by atoms with Crippen LogP contribution < -0.4 is 37.3 Å². The Labute approximate surface area is 238 Å². The van der Waals surface area contributed by atoms with E-state index in [4.69, 9.17) is 37.3 Å². The molecule has 200 valence electrons. The summed E-state index contributed by atoms with van der Waals surface area (Å²) in [5, 5.41) is 0. The summed E-state index contributed by atoms with van der Waals surface area (Å²) < 4.78 is 67.9. The number of carbonyl (C=O) groups excluding carboxylic acids is 2. The molecule has 0 saturated heterocycles. The Morgan fingerprint density at radius 1 is 0.649 bits per heavy atom. The molecule has 17 heteroatoms. The maximum atomic E-state index is 11.4. The molecule has 0 saturated carbocycles. The monoisotopic (exact) mass is 664 g/mol. The van der Waals surface area contributed by atoms with Gasteiger partial charge in [0, 0.05) is 65.1 Å². The fraction of sp³-hybridized carbons (Fsp3) is 0.200. The summed E-state index contributed by atoms with van der Waals surface area (Å²) in [4.78, 5) is 34.2. The predicted octanol–water partition coefficient (Wildman–Crippen LogP) is -6.84. The molecule has 0 spiro atoms. The molecule has 0 N–H and O–H groups in total. The molecule has 0 radical (unpaired) electrons. The summed E-state index contributed by atoms with van der Waals surface area (Å²) >= 11 is 0. The summed E-state index contributed by atoms with van der Waals surface area (Å²) in [7, 11) is -2.44. The minimum absolute atomic E-state index is 0.